The van der Waals surface area contributed by atoms with Crippen molar-refractivity contribution >= 4 is 18.0 Å². The summed E-state index contributed by atoms with van der Waals surface area (Å²) in [5.74, 6) is 0.864. The molecule has 0 unspecified atom stereocenters. The van der Waals surface area contributed by atoms with E-state index in [1.54, 1.807) is 18.2 Å². The van der Waals surface area contributed by atoms with Gasteiger partial charge in [-0.15, -0.1) is 0 Å². The SMILES string of the molecule is COCCNC(=O)/C(C#N)=C/c1ccc(OC(=O)CCCOc2ccc(C(C)C)cc2)c(OC)c1. The fourth-order valence-corrected chi connectivity index (χ4v) is 3.06. The Labute approximate surface area is 206 Å². The van der Waals surface area contributed by atoms with Crippen molar-refractivity contribution < 1.29 is 28.5 Å². The number of nitriles is 1. The molecule has 186 valence electrons. The zero-order valence-electron chi connectivity index (χ0n) is 20.6. The summed E-state index contributed by atoms with van der Waals surface area (Å²) in [6.45, 7) is 5.29. The van der Waals surface area contributed by atoms with Crippen molar-refractivity contribution in [1.82, 2.24) is 5.32 Å². The minimum atomic E-state index is -0.503. The normalized spacial score (nSPS) is 11.0. The molecule has 2 aromatic rings. The van der Waals surface area contributed by atoms with E-state index >= 15 is 0 Å². The van der Waals surface area contributed by atoms with Crippen LogP contribution in [0.3, 0.4) is 0 Å². The minimum Gasteiger partial charge on any atom is -0.494 e. The monoisotopic (exact) mass is 480 g/mol. The highest BCUT2D eigenvalue weighted by atomic mass is 16.6. The average Bonchev–Trinajstić information content (AvgIpc) is 2.86. The molecule has 0 atom stereocenters. The highest BCUT2D eigenvalue weighted by molar-refractivity contribution is 6.01. The Morgan fingerprint density at radius 3 is 2.43 bits per heavy atom. The molecule has 8 heteroatoms. The molecule has 1 amide bonds. The summed E-state index contributed by atoms with van der Waals surface area (Å²) >= 11 is 0. The molecular formula is C27H32N2O6. The van der Waals surface area contributed by atoms with E-state index in [-0.39, 0.29) is 17.7 Å². The summed E-state index contributed by atoms with van der Waals surface area (Å²) < 4.78 is 21.3. The standard InChI is InChI=1S/C27H32N2O6/c1-19(2)21-8-10-23(11-9-21)34-14-5-6-26(30)35-24-12-7-20(17-25(24)33-4)16-22(18-28)27(31)29-13-15-32-3/h7-12,16-17,19H,5-6,13-15H2,1-4H3,(H,29,31)/b22-16+. The second-order valence-corrected chi connectivity index (χ2v) is 7.98. The van der Waals surface area contributed by atoms with E-state index in [0.29, 0.717) is 43.4 Å². The van der Waals surface area contributed by atoms with Crippen molar-refractivity contribution in [1.29, 1.82) is 5.26 Å². The third-order valence-corrected chi connectivity index (χ3v) is 5.02. The fraction of sp³-hybridized carbons (Fsp3) is 0.370. The maximum absolute atomic E-state index is 12.3. The number of carbonyl (C=O) groups is 2. The van der Waals surface area contributed by atoms with Crippen LogP contribution in [0.4, 0.5) is 0 Å². The van der Waals surface area contributed by atoms with E-state index in [4.69, 9.17) is 18.9 Å². The lowest BCUT2D eigenvalue weighted by Gasteiger charge is -2.11. The smallest absolute Gasteiger partial charge is 0.311 e. The molecule has 1 N–H and O–H groups in total. The van der Waals surface area contributed by atoms with Crippen LogP contribution in [0.2, 0.25) is 0 Å². The van der Waals surface area contributed by atoms with Crippen LogP contribution in [0.25, 0.3) is 6.08 Å². The van der Waals surface area contributed by atoms with Gasteiger partial charge >= 0.3 is 5.97 Å². The minimum absolute atomic E-state index is 0.0632. The van der Waals surface area contributed by atoms with Crippen LogP contribution < -0.4 is 19.5 Å². The van der Waals surface area contributed by atoms with E-state index in [1.807, 2.05) is 30.3 Å². The summed E-state index contributed by atoms with van der Waals surface area (Å²) in [7, 11) is 2.97. The molecule has 0 saturated carbocycles. The van der Waals surface area contributed by atoms with Gasteiger partial charge in [-0.25, -0.2) is 0 Å². The molecule has 0 saturated heterocycles. The number of ether oxygens (including phenoxy) is 4. The van der Waals surface area contributed by atoms with Crippen molar-refractivity contribution in [2.24, 2.45) is 0 Å². The topological polar surface area (TPSA) is 107 Å². The molecule has 0 aliphatic carbocycles. The van der Waals surface area contributed by atoms with Crippen LogP contribution in [0, 0.1) is 11.3 Å². The first kappa shape index (κ1) is 27.4. The highest BCUT2D eigenvalue weighted by Crippen LogP contribution is 2.29. The number of hydrogen-bond acceptors (Lipinski definition) is 7. The molecule has 2 rings (SSSR count). The molecule has 0 bridgehead atoms. The van der Waals surface area contributed by atoms with Gasteiger partial charge in [0.05, 0.1) is 20.3 Å². The molecular weight excluding hydrogens is 448 g/mol. The Balaban J connectivity index is 1.90. The van der Waals surface area contributed by atoms with E-state index in [0.717, 1.165) is 5.75 Å². The first-order valence-electron chi connectivity index (χ1n) is 11.4. The third kappa shape index (κ3) is 9.14. The van der Waals surface area contributed by atoms with E-state index in [2.05, 4.69) is 19.2 Å². The van der Waals surface area contributed by atoms with Crippen LogP contribution in [0.1, 0.15) is 43.7 Å². The Morgan fingerprint density at radius 2 is 1.80 bits per heavy atom. The molecule has 0 aliphatic heterocycles. The van der Waals surface area contributed by atoms with Crippen molar-refractivity contribution in [3.8, 4) is 23.3 Å². The maximum Gasteiger partial charge on any atom is 0.311 e. The molecule has 0 fully saturated rings. The van der Waals surface area contributed by atoms with Gasteiger partial charge in [0, 0.05) is 20.1 Å². The molecule has 0 aromatic heterocycles. The van der Waals surface area contributed by atoms with E-state index in [9.17, 15) is 14.9 Å². The number of hydrogen-bond donors (Lipinski definition) is 1. The lowest BCUT2D eigenvalue weighted by atomic mass is 10.0. The number of amides is 1. The van der Waals surface area contributed by atoms with Gasteiger partial charge in [0.25, 0.3) is 5.91 Å². The second-order valence-electron chi connectivity index (χ2n) is 7.98. The van der Waals surface area contributed by atoms with Gasteiger partial charge in [-0.2, -0.15) is 5.26 Å². The number of esters is 1. The number of nitrogens with zero attached hydrogens (tertiary/aromatic N) is 1. The Bertz CT molecular complexity index is 1050. The zero-order valence-corrected chi connectivity index (χ0v) is 20.6. The van der Waals surface area contributed by atoms with Gasteiger partial charge < -0.3 is 24.3 Å². The highest BCUT2D eigenvalue weighted by Gasteiger charge is 2.13. The first-order chi connectivity index (χ1) is 16.9. The molecule has 0 heterocycles. The van der Waals surface area contributed by atoms with Crippen molar-refractivity contribution in [2.45, 2.75) is 32.6 Å². The summed E-state index contributed by atoms with van der Waals surface area (Å²) in [5.41, 5.74) is 1.73. The van der Waals surface area contributed by atoms with Crippen LogP contribution in [0.15, 0.2) is 48.0 Å². The predicted molar refractivity (Wildman–Crippen MR) is 132 cm³/mol. The lowest BCUT2D eigenvalue weighted by Crippen LogP contribution is -2.27. The first-order valence-corrected chi connectivity index (χ1v) is 11.4. The molecule has 0 spiro atoms. The van der Waals surface area contributed by atoms with Gasteiger partial charge in [0.2, 0.25) is 0 Å². The van der Waals surface area contributed by atoms with E-state index in [1.165, 1.54) is 25.9 Å². The Kier molecular flexibility index (Phi) is 11.3. The van der Waals surface area contributed by atoms with Gasteiger partial charge in [-0.3, -0.25) is 9.59 Å². The Morgan fingerprint density at radius 1 is 1.06 bits per heavy atom. The second kappa shape index (κ2) is 14.4. The van der Waals surface area contributed by atoms with Crippen molar-refractivity contribution in [3.63, 3.8) is 0 Å². The number of rotatable bonds is 13. The molecule has 0 aliphatic rings. The molecule has 8 nitrogen and oxygen atoms in total. The van der Waals surface area contributed by atoms with Gasteiger partial charge in [0.1, 0.15) is 17.4 Å². The summed E-state index contributed by atoms with van der Waals surface area (Å²) in [6, 6.07) is 14.6. The van der Waals surface area contributed by atoms with Crippen molar-refractivity contribution in [3.05, 3.63) is 59.2 Å². The predicted octanol–water partition coefficient (Wildman–Crippen LogP) is 4.25. The number of methoxy groups -OCH3 is 2. The Hall–Kier alpha value is -3.83. The summed E-state index contributed by atoms with van der Waals surface area (Å²) in [6.07, 6.45) is 2.11. The summed E-state index contributed by atoms with van der Waals surface area (Å²) in [5, 5.41) is 11.9. The molecule has 35 heavy (non-hydrogen) atoms. The van der Waals surface area contributed by atoms with Crippen LogP contribution in [-0.4, -0.2) is 45.9 Å². The largest absolute Gasteiger partial charge is 0.494 e. The quantitative estimate of drug-likeness (QED) is 0.150. The van der Waals surface area contributed by atoms with Crippen molar-refractivity contribution in [2.75, 3.05) is 34.0 Å². The molecule has 2 aromatic carbocycles. The number of carbonyl (C=O) groups excluding carboxylic acids is 2. The van der Waals surface area contributed by atoms with Gasteiger partial charge in [-0.05, 0) is 53.8 Å². The van der Waals surface area contributed by atoms with Crippen LogP contribution in [0.5, 0.6) is 17.2 Å². The average molecular weight is 481 g/mol. The van der Waals surface area contributed by atoms with E-state index < -0.39 is 11.9 Å². The summed E-state index contributed by atoms with van der Waals surface area (Å²) in [4.78, 5) is 24.4. The number of benzene rings is 2. The number of nitrogens with one attached hydrogen (secondary N) is 1. The fourth-order valence-electron chi connectivity index (χ4n) is 3.06. The molecule has 0 radical (unpaired) electrons. The van der Waals surface area contributed by atoms with Gasteiger partial charge in [0.15, 0.2) is 11.5 Å². The van der Waals surface area contributed by atoms with Gasteiger partial charge in [-0.1, -0.05) is 32.0 Å². The third-order valence-electron chi connectivity index (χ3n) is 5.02. The zero-order chi connectivity index (χ0) is 25.6. The maximum atomic E-state index is 12.3. The lowest BCUT2D eigenvalue weighted by molar-refractivity contribution is -0.134. The van der Waals surface area contributed by atoms with Crippen LogP contribution in [-0.2, 0) is 14.3 Å². The van der Waals surface area contributed by atoms with Crippen LogP contribution >= 0.6 is 0 Å².